The Balaban J connectivity index is 0.000000127. The second-order valence-corrected chi connectivity index (χ2v) is 13.6. The molecule has 2 heterocycles. The Bertz CT molecular complexity index is 2710. The van der Waals surface area contributed by atoms with Gasteiger partial charge in [-0.2, -0.15) is 0 Å². The van der Waals surface area contributed by atoms with Crippen molar-refractivity contribution in [3.63, 3.8) is 0 Å². The van der Waals surface area contributed by atoms with Crippen LogP contribution in [0.4, 0.5) is 0 Å². The molecule has 0 saturated heterocycles. The van der Waals surface area contributed by atoms with Crippen LogP contribution in [0.15, 0.2) is 211 Å². The first-order valence-corrected chi connectivity index (χ1v) is 18.5. The highest BCUT2D eigenvalue weighted by atomic mass is 79.9. The molecule has 0 aliphatic rings. The molecular weight excluding hydrogens is 727 g/mol. The maximum Gasteiger partial charge on any atom is 0.569 e. The van der Waals surface area contributed by atoms with Crippen LogP contribution in [0, 0.1) is 0 Å². The normalized spacial score (nSPS) is 10.8. The molecule has 8 aromatic carbocycles. The average Bonchev–Trinajstić information content (AvgIpc) is 3.76. The van der Waals surface area contributed by atoms with E-state index in [1.165, 1.54) is 66.1 Å². The molecule has 0 unspecified atom stereocenters. The third-order valence-electron chi connectivity index (χ3n) is 9.37. The molecular formula is C48H35BBrN2O2. The van der Waals surface area contributed by atoms with E-state index in [0.29, 0.717) is 13.4 Å². The molecule has 0 bridgehead atoms. The fourth-order valence-corrected chi connectivity index (χ4v) is 7.42. The highest BCUT2D eigenvalue weighted by molar-refractivity contribution is 9.10. The van der Waals surface area contributed by atoms with Gasteiger partial charge < -0.3 is 18.8 Å². The van der Waals surface area contributed by atoms with Crippen molar-refractivity contribution >= 4 is 67.2 Å². The minimum Gasteiger partial charge on any atom is -0.537 e. The maximum absolute atomic E-state index is 8.17. The number of benzene rings is 8. The van der Waals surface area contributed by atoms with Gasteiger partial charge in [-0.05, 0) is 77.9 Å². The Kier molecular flexibility index (Phi) is 10.4. The van der Waals surface area contributed by atoms with Crippen molar-refractivity contribution in [1.82, 2.24) is 9.13 Å². The van der Waals surface area contributed by atoms with Crippen LogP contribution in [-0.2, 0) is 0 Å². The zero-order chi connectivity index (χ0) is 36.7. The quantitative estimate of drug-likeness (QED) is 0.177. The number of hydrogen-bond acceptors (Lipinski definition) is 2. The van der Waals surface area contributed by atoms with Gasteiger partial charge in [0.25, 0.3) is 0 Å². The first-order valence-electron chi connectivity index (χ1n) is 17.8. The first-order chi connectivity index (χ1) is 26.7. The van der Waals surface area contributed by atoms with Gasteiger partial charge in [-0.3, -0.25) is 0 Å². The lowest BCUT2D eigenvalue weighted by molar-refractivity contribution is 0.454. The molecule has 1 radical (unpaired) electrons. The fraction of sp³-hybridized carbons (Fsp3) is 0. The van der Waals surface area contributed by atoms with Gasteiger partial charge in [0.1, 0.15) is 0 Å². The Morgan fingerprint density at radius 2 is 0.778 bits per heavy atom. The van der Waals surface area contributed by atoms with Gasteiger partial charge in [0.2, 0.25) is 0 Å². The number of para-hydroxylation sites is 5. The molecule has 10 rings (SSSR count). The number of halogens is 1. The van der Waals surface area contributed by atoms with E-state index < -0.39 is 0 Å². The standard InChI is InChI=1S/C24H17N.C18H12BrN.C6H6BO2/c1-2-9-18(10-3-1)19-11-8-12-20(17-19)25-23-15-6-4-13-21(23)22-14-5-7-16-24(22)25;19-13-6-5-7-14(12-13)20-17-10-3-1-8-15(17)16-9-2-4-11-18(16)20;8-7-9-6-4-2-1-3-5-6/h1-17H;1-12H;1-5,8H. The molecule has 1 N–H and O–H groups in total. The molecule has 0 aliphatic heterocycles. The van der Waals surface area contributed by atoms with Gasteiger partial charge in [0, 0.05) is 37.4 Å². The summed E-state index contributed by atoms with van der Waals surface area (Å²) in [6.07, 6.45) is 0. The number of aromatic nitrogens is 2. The Labute approximate surface area is 323 Å². The molecule has 0 atom stereocenters. The summed E-state index contributed by atoms with van der Waals surface area (Å²) >= 11 is 3.56. The van der Waals surface area contributed by atoms with Crippen LogP contribution in [-0.4, -0.2) is 21.8 Å². The van der Waals surface area contributed by atoms with E-state index in [4.69, 9.17) is 5.02 Å². The van der Waals surface area contributed by atoms with Crippen molar-refractivity contribution < 1.29 is 9.68 Å². The minimum atomic E-state index is 0.639. The van der Waals surface area contributed by atoms with E-state index in [-0.39, 0.29) is 0 Å². The number of fused-ring (bicyclic) bond motifs is 6. The van der Waals surface area contributed by atoms with E-state index >= 15 is 0 Å². The predicted molar refractivity (Wildman–Crippen MR) is 230 cm³/mol. The Morgan fingerprint density at radius 1 is 0.389 bits per heavy atom. The molecule has 4 nitrogen and oxygen atoms in total. The molecule has 0 fully saturated rings. The molecule has 54 heavy (non-hydrogen) atoms. The minimum absolute atomic E-state index is 0.639. The second kappa shape index (κ2) is 16.1. The van der Waals surface area contributed by atoms with Gasteiger partial charge in [-0.15, -0.1) is 0 Å². The zero-order valence-electron chi connectivity index (χ0n) is 29.3. The third kappa shape index (κ3) is 7.18. The zero-order valence-corrected chi connectivity index (χ0v) is 30.9. The van der Waals surface area contributed by atoms with Crippen molar-refractivity contribution in [3.8, 4) is 28.3 Å². The first kappa shape index (κ1) is 34.7. The van der Waals surface area contributed by atoms with Crippen molar-refractivity contribution in [2.75, 3.05) is 0 Å². The monoisotopic (exact) mass is 761 g/mol. The van der Waals surface area contributed by atoms with Crippen LogP contribution in [0.5, 0.6) is 5.75 Å². The Morgan fingerprint density at radius 3 is 1.24 bits per heavy atom. The van der Waals surface area contributed by atoms with E-state index in [1.54, 1.807) is 12.1 Å². The van der Waals surface area contributed by atoms with Crippen LogP contribution in [0.2, 0.25) is 0 Å². The largest absolute Gasteiger partial charge is 0.569 e. The van der Waals surface area contributed by atoms with Crippen LogP contribution in [0.3, 0.4) is 0 Å². The van der Waals surface area contributed by atoms with Gasteiger partial charge in [-0.25, -0.2) is 0 Å². The molecule has 10 aromatic rings. The molecule has 6 heteroatoms. The summed E-state index contributed by atoms with van der Waals surface area (Å²) in [7, 11) is 0.662. The van der Waals surface area contributed by atoms with Gasteiger partial charge in [0.05, 0.1) is 27.8 Å². The summed E-state index contributed by atoms with van der Waals surface area (Å²) in [6.45, 7) is 0. The lowest BCUT2D eigenvalue weighted by Gasteiger charge is -2.10. The van der Waals surface area contributed by atoms with Crippen molar-refractivity contribution in [3.05, 3.63) is 211 Å². The van der Waals surface area contributed by atoms with Gasteiger partial charge >= 0.3 is 7.69 Å². The van der Waals surface area contributed by atoms with E-state index in [1.807, 2.05) is 18.2 Å². The van der Waals surface area contributed by atoms with Crippen LogP contribution < -0.4 is 4.65 Å². The van der Waals surface area contributed by atoms with E-state index in [0.717, 1.165) is 4.47 Å². The fourth-order valence-electron chi connectivity index (χ4n) is 7.03. The molecule has 0 spiro atoms. The van der Waals surface area contributed by atoms with Crippen molar-refractivity contribution in [2.24, 2.45) is 0 Å². The highest BCUT2D eigenvalue weighted by Crippen LogP contribution is 2.34. The van der Waals surface area contributed by atoms with Crippen LogP contribution in [0.25, 0.3) is 66.1 Å². The summed E-state index contributed by atoms with van der Waals surface area (Å²) in [4.78, 5) is 0. The van der Waals surface area contributed by atoms with Gasteiger partial charge in [0.15, 0.2) is 0 Å². The summed E-state index contributed by atoms with van der Waals surface area (Å²) < 4.78 is 10.4. The summed E-state index contributed by atoms with van der Waals surface area (Å²) in [5.41, 5.74) is 9.82. The summed E-state index contributed by atoms with van der Waals surface area (Å²) in [6, 6.07) is 71.1. The second-order valence-electron chi connectivity index (χ2n) is 12.7. The maximum atomic E-state index is 8.17. The predicted octanol–water partition coefficient (Wildman–Crippen LogP) is 12.6. The topological polar surface area (TPSA) is 39.3 Å². The lowest BCUT2D eigenvalue weighted by Crippen LogP contribution is -1.98. The van der Waals surface area contributed by atoms with Crippen LogP contribution >= 0.6 is 15.9 Å². The molecule has 0 saturated carbocycles. The molecule has 0 aliphatic carbocycles. The smallest absolute Gasteiger partial charge is 0.537 e. The SMILES string of the molecule is Brc1cccc(-n2c3ccccc3c3ccccc32)c1.O[B]Oc1ccccc1.c1ccc(-c2cccc(-n3c4ccccc4c4ccccc43)c2)cc1. The van der Waals surface area contributed by atoms with E-state index in [2.05, 4.69) is 206 Å². The Hall–Kier alpha value is -6.34. The van der Waals surface area contributed by atoms with E-state index in [9.17, 15) is 0 Å². The highest BCUT2D eigenvalue weighted by Gasteiger charge is 2.13. The van der Waals surface area contributed by atoms with Gasteiger partial charge in [-0.1, -0.05) is 155 Å². The number of rotatable bonds is 5. The summed E-state index contributed by atoms with van der Waals surface area (Å²) in [5, 5.41) is 13.4. The van der Waals surface area contributed by atoms with Crippen LogP contribution in [0.1, 0.15) is 0 Å². The molecule has 259 valence electrons. The number of nitrogens with zero attached hydrogens (tertiary/aromatic N) is 2. The summed E-state index contributed by atoms with van der Waals surface area (Å²) in [5.74, 6) is 0.639. The van der Waals surface area contributed by atoms with Crippen molar-refractivity contribution in [1.29, 1.82) is 0 Å². The third-order valence-corrected chi connectivity index (χ3v) is 9.86. The number of hydrogen-bond donors (Lipinski definition) is 1. The average molecular weight is 763 g/mol. The van der Waals surface area contributed by atoms with Crippen molar-refractivity contribution in [2.45, 2.75) is 0 Å². The lowest BCUT2D eigenvalue weighted by atomic mass is 10.1. The molecule has 2 aromatic heterocycles. The molecule has 0 amide bonds.